The summed E-state index contributed by atoms with van der Waals surface area (Å²) in [5.74, 6) is 1.25. The first-order valence-corrected chi connectivity index (χ1v) is 5.52. The summed E-state index contributed by atoms with van der Waals surface area (Å²) < 4.78 is 10.4. The lowest BCUT2D eigenvalue weighted by Crippen LogP contribution is -2.41. The van der Waals surface area contributed by atoms with Crippen molar-refractivity contribution in [3.05, 3.63) is 0 Å². The van der Waals surface area contributed by atoms with Crippen molar-refractivity contribution in [3.63, 3.8) is 0 Å². The highest BCUT2D eigenvalue weighted by Gasteiger charge is 2.68. The maximum Gasteiger partial charge on any atom is 0.338 e. The first-order chi connectivity index (χ1) is 6.76. The zero-order chi connectivity index (χ0) is 9.76. The van der Waals surface area contributed by atoms with Crippen LogP contribution in [0.2, 0.25) is 0 Å². The van der Waals surface area contributed by atoms with Gasteiger partial charge in [-0.25, -0.2) is 4.79 Å². The molecule has 0 aromatic carbocycles. The van der Waals surface area contributed by atoms with Gasteiger partial charge in [-0.3, -0.25) is 0 Å². The van der Waals surface area contributed by atoms with Crippen LogP contribution in [0.5, 0.6) is 0 Å². The monoisotopic (exact) mass is 196 g/mol. The van der Waals surface area contributed by atoms with Crippen LogP contribution in [0.25, 0.3) is 0 Å². The van der Waals surface area contributed by atoms with Gasteiger partial charge >= 0.3 is 5.97 Å². The normalized spacial score (nSPS) is 49.4. The molecule has 3 nitrogen and oxygen atoms in total. The first-order valence-electron chi connectivity index (χ1n) is 5.52. The third kappa shape index (κ3) is 0.991. The molecule has 1 heterocycles. The Morgan fingerprint density at radius 3 is 2.57 bits per heavy atom. The summed E-state index contributed by atoms with van der Waals surface area (Å²) in [6.07, 6.45) is 6.03. The van der Waals surface area contributed by atoms with Crippen LogP contribution in [0.3, 0.4) is 0 Å². The lowest BCUT2D eigenvalue weighted by atomic mass is 9.63. The Balaban J connectivity index is 1.78. The fourth-order valence-electron chi connectivity index (χ4n) is 3.48. The number of esters is 1. The van der Waals surface area contributed by atoms with Gasteiger partial charge in [0.25, 0.3) is 0 Å². The summed E-state index contributed by atoms with van der Waals surface area (Å²) in [5, 5.41) is 0. The molecule has 4 rings (SSSR count). The molecule has 1 spiro atoms. The molecule has 0 amide bonds. The van der Waals surface area contributed by atoms with E-state index < -0.39 is 0 Å². The van der Waals surface area contributed by atoms with E-state index in [1.54, 1.807) is 0 Å². The molecule has 4 aliphatic rings. The largest absolute Gasteiger partial charge is 0.467 e. The van der Waals surface area contributed by atoms with Crippen molar-refractivity contribution in [3.8, 4) is 0 Å². The standard InChI is InChI=1S/C11H16O3/c1-13-10(12)9-11(14-9)6-7-2-4-8(11)5-3-7/h7-9H,2-6H2,1H3. The van der Waals surface area contributed by atoms with Gasteiger partial charge in [-0.1, -0.05) is 0 Å². The second kappa shape index (κ2) is 2.72. The van der Waals surface area contributed by atoms with E-state index >= 15 is 0 Å². The van der Waals surface area contributed by atoms with Crippen molar-refractivity contribution in [1.29, 1.82) is 0 Å². The average Bonchev–Trinajstić information content (AvgIpc) is 2.93. The fraction of sp³-hybridized carbons (Fsp3) is 0.909. The molecule has 2 atom stereocenters. The molecule has 0 aromatic rings. The van der Waals surface area contributed by atoms with Gasteiger partial charge in [-0.2, -0.15) is 0 Å². The van der Waals surface area contributed by atoms with Crippen LogP contribution in [0, 0.1) is 11.8 Å². The molecule has 0 N–H and O–H groups in total. The average molecular weight is 196 g/mol. The van der Waals surface area contributed by atoms with Crippen LogP contribution in [0.4, 0.5) is 0 Å². The van der Waals surface area contributed by atoms with Gasteiger partial charge in [0, 0.05) is 0 Å². The molecule has 3 heteroatoms. The molecule has 0 aromatic heterocycles. The number of carbonyl (C=O) groups excluding carboxylic acids is 1. The van der Waals surface area contributed by atoms with E-state index in [-0.39, 0.29) is 17.7 Å². The van der Waals surface area contributed by atoms with E-state index in [9.17, 15) is 4.79 Å². The highest BCUT2D eigenvalue weighted by atomic mass is 16.7. The lowest BCUT2D eigenvalue weighted by molar-refractivity contribution is -0.142. The molecule has 2 bridgehead atoms. The maximum atomic E-state index is 11.4. The third-order valence-electron chi connectivity index (χ3n) is 4.28. The predicted octanol–water partition coefficient (Wildman–Crippen LogP) is 1.51. The highest BCUT2D eigenvalue weighted by molar-refractivity contribution is 5.79. The van der Waals surface area contributed by atoms with Gasteiger partial charge in [0.15, 0.2) is 6.10 Å². The molecule has 1 aliphatic heterocycles. The lowest BCUT2D eigenvalue weighted by Gasteiger charge is -2.40. The summed E-state index contributed by atoms with van der Waals surface area (Å²) in [6, 6.07) is 0. The second-order valence-corrected chi connectivity index (χ2v) is 4.90. The number of ether oxygens (including phenoxy) is 2. The fourth-order valence-corrected chi connectivity index (χ4v) is 3.48. The Morgan fingerprint density at radius 2 is 2.07 bits per heavy atom. The van der Waals surface area contributed by atoms with E-state index in [2.05, 4.69) is 0 Å². The molecule has 0 radical (unpaired) electrons. The van der Waals surface area contributed by atoms with Crippen LogP contribution in [-0.4, -0.2) is 24.8 Å². The Hall–Kier alpha value is -0.570. The van der Waals surface area contributed by atoms with Crippen LogP contribution in [0.15, 0.2) is 0 Å². The van der Waals surface area contributed by atoms with Gasteiger partial charge in [-0.05, 0) is 43.9 Å². The minimum absolute atomic E-state index is 0.0890. The number of rotatable bonds is 1. The van der Waals surface area contributed by atoms with E-state index in [4.69, 9.17) is 9.47 Å². The van der Waals surface area contributed by atoms with Gasteiger partial charge in [0.05, 0.1) is 7.11 Å². The van der Waals surface area contributed by atoms with E-state index in [0.717, 1.165) is 12.3 Å². The van der Waals surface area contributed by atoms with Crippen LogP contribution >= 0.6 is 0 Å². The highest BCUT2D eigenvalue weighted by Crippen LogP contribution is 2.59. The Bertz CT molecular complexity index is 268. The number of epoxide rings is 1. The Morgan fingerprint density at radius 1 is 1.36 bits per heavy atom. The number of hydrogen-bond acceptors (Lipinski definition) is 3. The smallest absolute Gasteiger partial charge is 0.338 e. The summed E-state index contributed by atoms with van der Waals surface area (Å²) >= 11 is 0. The molecule has 3 aliphatic carbocycles. The molecule has 14 heavy (non-hydrogen) atoms. The maximum absolute atomic E-state index is 11.4. The Kier molecular flexibility index (Phi) is 1.69. The van der Waals surface area contributed by atoms with Gasteiger partial charge in [0.1, 0.15) is 5.60 Å². The van der Waals surface area contributed by atoms with Crippen molar-refractivity contribution >= 4 is 5.97 Å². The van der Waals surface area contributed by atoms with E-state index in [1.165, 1.54) is 32.8 Å². The SMILES string of the molecule is COC(=O)C1OC12CC1CCC2CC1. The van der Waals surface area contributed by atoms with Crippen molar-refractivity contribution < 1.29 is 14.3 Å². The van der Waals surface area contributed by atoms with Gasteiger partial charge < -0.3 is 9.47 Å². The summed E-state index contributed by atoms with van der Waals surface area (Å²) in [6.45, 7) is 0. The Labute approximate surface area is 83.8 Å². The van der Waals surface area contributed by atoms with Crippen molar-refractivity contribution in [2.24, 2.45) is 11.8 Å². The van der Waals surface area contributed by atoms with E-state index in [0.29, 0.717) is 5.92 Å². The van der Waals surface area contributed by atoms with Crippen LogP contribution < -0.4 is 0 Å². The molecular weight excluding hydrogens is 180 g/mol. The van der Waals surface area contributed by atoms with Crippen LogP contribution in [-0.2, 0) is 14.3 Å². The van der Waals surface area contributed by atoms with E-state index in [1.807, 2.05) is 0 Å². The molecule has 1 saturated heterocycles. The summed E-state index contributed by atoms with van der Waals surface area (Å²) in [4.78, 5) is 11.4. The third-order valence-corrected chi connectivity index (χ3v) is 4.28. The number of hydrogen-bond donors (Lipinski definition) is 0. The van der Waals surface area contributed by atoms with Crippen molar-refractivity contribution in [2.75, 3.05) is 7.11 Å². The number of fused-ring (bicyclic) bond motifs is 2. The van der Waals surface area contributed by atoms with Crippen LogP contribution in [0.1, 0.15) is 32.1 Å². The summed E-state index contributed by atoms with van der Waals surface area (Å²) in [5.41, 5.74) is -0.0890. The zero-order valence-electron chi connectivity index (χ0n) is 8.49. The minimum Gasteiger partial charge on any atom is -0.467 e. The number of carbonyl (C=O) groups is 1. The first kappa shape index (κ1) is 8.72. The topological polar surface area (TPSA) is 38.8 Å². The quantitative estimate of drug-likeness (QED) is 0.471. The minimum atomic E-state index is -0.236. The molecule has 3 saturated carbocycles. The number of methoxy groups -OCH3 is 1. The second-order valence-electron chi connectivity index (χ2n) is 4.90. The summed E-state index contributed by atoms with van der Waals surface area (Å²) in [7, 11) is 1.44. The molecular formula is C11H16O3. The van der Waals surface area contributed by atoms with Gasteiger partial charge in [-0.15, -0.1) is 0 Å². The van der Waals surface area contributed by atoms with Crippen molar-refractivity contribution in [1.82, 2.24) is 0 Å². The zero-order valence-corrected chi connectivity index (χ0v) is 8.49. The molecule has 2 unspecified atom stereocenters. The van der Waals surface area contributed by atoms with Gasteiger partial charge in [0.2, 0.25) is 0 Å². The molecule has 4 fully saturated rings. The predicted molar refractivity (Wildman–Crippen MR) is 49.7 cm³/mol. The molecule has 78 valence electrons. The van der Waals surface area contributed by atoms with Crippen molar-refractivity contribution in [2.45, 2.75) is 43.8 Å².